The maximum absolute atomic E-state index is 11.1. The van der Waals surface area contributed by atoms with Crippen LogP contribution >= 0.6 is 0 Å². The quantitative estimate of drug-likeness (QED) is 0.379. The second kappa shape index (κ2) is 11.8. The Labute approximate surface area is 156 Å². The van der Waals surface area contributed by atoms with E-state index in [1.165, 1.54) is 0 Å². The predicted molar refractivity (Wildman–Crippen MR) is 102 cm³/mol. The normalized spacial score (nSPS) is 12.7. The Balaban J connectivity index is 2.61. The smallest absolute Gasteiger partial charge is 0.372 e. The van der Waals surface area contributed by atoms with Crippen LogP contribution in [0.1, 0.15) is 46.0 Å². The third kappa shape index (κ3) is 7.27. The van der Waals surface area contributed by atoms with Crippen molar-refractivity contribution in [3.63, 3.8) is 0 Å². The molecule has 0 saturated heterocycles. The molecule has 1 aromatic carbocycles. The lowest BCUT2D eigenvalue weighted by atomic mass is 9.98. The minimum absolute atomic E-state index is 0.323. The van der Waals surface area contributed by atoms with Crippen LogP contribution in [-0.4, -0.2) is 43.9 Å². The topological polar surface area (TPSA) is 93.1 Å². The van der Waals surface area contributed by atoms with E-state index in [9.17, 15) is 9.59 Å². The number of carbonyl (C=O) groups is 2. The van der Waals surface area contributed by atoms with Gasteiger partial charge >= 0.3 is 20.5 Å². The van der Waals surface area contributed by atoms with Gasteiger partial charge in [-0.3, -0.25) is 9.59 Å². The maximum atomic E-state index is 11.1. The van der Waals surface area contributed by atoms with Gasteiger partial charge in [0.2, 0.25) is 0 Å². The third-order valence-corrected chi connectivity index (χ3v) is 8.03. The molecule has 0 aliphatic rings. The molecule has 1 atom stereocenters. The van der Waals surface area contributed by atoms with Crippen LogP contribution in [0.4, 0.5) is 0 Å². The average Bonchev–Trinajstić information content (AvgIpc) is 2.61. The molecule has 2 N–H and O–H groups in total. The Morgan fingerprint density at radius 2 is 1.62 bits per heavy atom. The summed E-state index contributed by atoms with van der Waals surface area (Å²) in [4.78, 5) is 21.9. The Kier molecular flexibility index (Phi) is 10.2. The van der Waals surface area contributed by atoms with Gasteiger partial charge < -0.3 is 19.1 Å². The van der Waals surface area contributed by atoms with Crippen LogP contribution in [0.3, 0.4) is 0 Å². The zero-order valence-electron chi connectivity index (χ0n) is 15.6. The van der Waals surface area contributed by atoms with Gasteiger partial charge in [0.25, 0.3) is 0 Å². The minimum Gasteiger partial charge on any atom is -0.481 e. The van der Waals surface area contributed by atoms with Crippen molar-refractivity contribution in [3.05, 3.63) is 30.3 Å². The molecule has 1 unspecified atom stereocenters. The van der Waals surface area contributed by atoms with Crippen LogP contribution in [-0.2, 0) is 18.4 Å². The Hall–Kier alpha value is -1.70. The Morgan fingerprint density at radius 1 is 1.00 bits per heavy atom. The number of benzene rings is 1. The summed E-state index contributed by atoms with van der Waals surface area (Å²) >= 11 is 0. The number of carboxylic acid groups (broad SMARTS) is 2. The van der Waals surface area contributed by atoms with Crippen molar-refractivity contribution in [2.24, 2.45) is 5.92 Å². The number of aliphatic carboxylic acids is 2. The summed E-state index contributed by atoms with van der Waals surface area (Å²) < 4.78 is 12.2. The summed E-state index contributed by atoms with van der Waals surface area (Å²) in [7, 11) is -2.51. The monoisotopic (exact) mass is 382 g/mol. The Morgan fingerprint density at radius 3 is 2.12 bits per heavy atom. The van der Waals surface area contributed by atoms with Crippen molar-refractivity contribution >= 4 is 25.7 Å². The van der Waals surface area contributed by atoms with E-state index in [0.29, 0.717) is 26.1 Å². The molecule has 6 nitrogen and oxygen atoms in total. The van der Waals surface area contributed by atoms with Crippen molar-refractivity contribution < 1.29 is 28.7 Å². The third-order valence-electron chi connectivity index (χ3n) is 4.30. The fraction of sp³-hybridized carbons (Fsp3) is 0.579. The molecule has 0 radical (unpaired) electrons. The number of hydrogen-bond donors (Lipinski definition) is 2. The highest BCUT2D eigenvalue weighted by Gasteiger charge is 2.38. The van der Waals surface area contributed by atoms with Gasteiger partial charge in [0.1, 0.15) is 0 Å². The van der Waals surface area contributed by atoms with Crippen LogP contribution in [0.15, 0.2) is 30.3 Å². The first-order chi connectivity index (χ1) is 12.4. The molecule has 0 fully saturated rings. The van der Waals surface area contributed by atoms with E-state index in [4.69, 9.17) is 19.1 Å². The molecule has 0 aliphatic heterocycles. The van der Waals surface area contributed by atoms with Gasteiger partial charge in [-0.25, -0.2) is 0 Å². The molecule has 146 valence electrons. The van der Waals surface area contributed by atoms with Crippen molar-refractivity contribution in [1.29, 1.82) is 0 Å². The highest BCUT2D eigenvalue weighted by molar-refractivity contribution is 6.81. The first kappa shape index (κ1) is 22.3. The fourth-order valence-electron chi connectivity index (χ4n) is 3.10. The fourth-order valence-corrected chi connectivity index (χ4v) is 6.45. The van der Waals surface area contributed by atoms with Crippen molar-refractivity contribution in [2.45, 2.75) is 52.0 Å². The van der Waals surface area contributed by atoms with Gasteiger partial charge in [0.15, 0.2) is 0 Å². The highest BCUT2D eigenvalue weighted by Crippen LogP contribution is 2.21. The van der Waals surface area contributed by atoms with E-state index in [0.717, 1.165) is 24.1 Å². The van der Waals surface area contributed by atoms with Crippen LogP contribution in [0, 0.1) is 5.92 Å². The molecule has 0 aliphatic carbocycles. The van der Waals surface area contributed by atoms with Crippen molar-refractivity contribution in [1.82, 2.24) is 0 Å². The summed E-state index contributed by atoms with van der Waals surface area (Å²) in [5, 5.41) is 19.0. The molecule has 26 heavy (non-hydrogen) atoms. The molecular formula is C19H30O6Si. The molecule has 1 rings (SSSR count). The summed E-state index contributed by atoms with van der Waals surface area (Å²) in [6.07, 6.45) is 2.42. The first-order valence-electron chi connectivity index (χ1n) is 9.23. The summed E-state index contributed by atoms with van der Waals surface area (Å²) in [5.41, 5.74) is 0. The molecular weight excluding hydrogens is 352 g/mol. The second-order valence-electron chi connectivity index (χ2n) is 6.22. The highest BCUT2D eigenvalue weighted by atomic mass is 28.4. The van der Waals surface area contributed by atoms with E-state index in [2.05, 4.69) is 0 Å². The van der Waals surface area contributed by atoms with Crippen molar-refractivity contribution in [3.8, 4) is 0 Å². The number of unbranched alkanes of at least 4 members (excludes halogenated alkanes) is 2. The van der Waals surface area contributed by atoms with E-state index < -0.39 is 26.4 Å². The SMILES string of the molecule is CCO[Si](CCCCCC(CC(=O)O)C(=O)O)(OCC)c1ccccc1. The van der Waals surface area contributed by atoms with Gasteiger partial charge in [-0.2, -0.15) is 0 Å². The lowest BCUT2D eigenvalue weighted by molar-refractivity contribution is -0.148. The van der Waals surface area contributed by atoms with Crippen LogP contribution in [0.2, 0.25) is 6.04 Å². The molecule has 0 saturated carbocycles. The Bertz CT molecular complexity index is 542. The zero-order chi connectivity index (χ0) is 19.4. The number of hydrogen-bond acceptors (Lipinski definition) is 4. The van der Waals surface area contributed by atoms with Crippen LogP contribution in [0.5, 0.6) is 0 Å². The second-order valence-corrected chi connectivity index (χ2v) is 9.38. The van der Waals surface area contributed by atoms with E-state index >= 15 is 0 Å². The van der Waals surface area contributed by atoms with E-state index in [1.54, 1.807) is 0 Å². The van der Waals surface area contributed by atoms with E-state index in [-0.39, 0.29) is 6.42 Å². The summed E-state index contributed by atoms with van der Waals surface area (Å²) in [6, 6.07) is 10.8. The average molecular weight is 383 g/mol. The van der Waals surface area contributed by atoms with Gasteiger partial charge in [-0.1, -0.05) is 49.6 Å². The molecule has 0 bridgehead atoms. The molecule has 0 amide bonds. The van der Waals surface area contributed by atoms with Gasteiger partial charge in [0, 0.05) is 13.2 Å². The standard InChI is InChI=1S/C19H30O6Si/c1-3-24-26(25-4-2,17-12-8-5-9-13-17)14-10-6-7-11-16(19(22)23)15-18(20)21/h5,8-9,12-13,16H,3-4,6-7,10-11,14-15H2,1-2H3,(H,20,21)(H,22,23). The number of carboxylic acids is 2. The maximum Gasteiger partial charge on any atom is 0.372 e. The molecule has 0 spiro atoms. The van der Waals surface area contributed by atoms with Gasteiger partial charge in [-0.15, -0.1) is 0 Å². The zero-order valence-corrected chi connectivity index (χ0v) is 16.6. The molecule has 7 heteroatoms. The van der Waals surface area contributed by atoms with Crippen LogP contribution in [0.25, 0.3) is 0 Å². The number of rotatable bonds is 14. The van der Waals surface area contributed by atoms with E-state index in [1.807, 2.05) is 44.2 Å². The first-order valence-corrected chi connectivity index (χ1v) is 11.3. The molecule has 0 aromatic heterocycles. The molecule has 0 heterocycles. The van der Waals surface area contributed by atoms with Crippen LogP contribution < -0.4 is 5.19 Å². The van der Waals surface area contributed by atoms with Gasteiger partial charge in [0.05, 0.1) is 12.3 Å². The van der Waals surface area contributed by atoms with Gasteiger partial charge in [-0.05, 0) is 31.5 Å². The lowest BCUT2D eigenvalue weighted by Crippen LogP contribution is -2.53. The summed E-state index contributed by atoms with van der Waals surface area (Å²) in [5.74, 6) is -2.92. The lowest BCUT2D eigenvalue weighted by Gasteiger charge is -2.30. The summed E-state index contributed by atoms with van der Waals surface area (Å²) in [6.45, 7) is 5.10. The predicted octanol–water partition coefficient (Wildman–Crippen LogP) is 3.14. The van der Waals surface area contributed by atoms with Crippen molar-refractivity contribution in [2.75, 3.05) is 13.2 Å². The largest absolute Gasteiger partial charge is 0.481 e. The minimum atomic E-state index is -2.51. The molecule has 1 aromatic rings.